The predicted octanol–water partition coefficient (Wildman–Crippen LogP) is 3.56. The maximum absolute atomic E-state index is 11.4. The van der Waals surface area contributed by atoms with Crippen LogP contribution in [-0.4, -0.2) is 32.9 Å². The van der Waals surface area contributed by atoms with Crippen LogP contribution in [0.4, 0.5) is 11.6 Å². The third-order valence-corrected chi connectivity index (χ3v) is 4.11. The molecule has 2 aromatic heterocycles. The monoisotopic (exact) mass is 532 g/mol. The van der Waals surface area contributed by atoms with E-state index in [4.69, 9.17) is 4.74 Å². The van der Waals surface area contributed by atoms with Crippen LogP contribution in [0.2, 0.25) is 0 Å². The van der Waals surface area contributed by atoms with Crippen molar-refractivity contribution in [3.05, 3.63) is 43.6 Å². The highest BCUT2D eigenvalue weighted by Gasteiger charge is 2.26. The minimum absolute atomic E-state index is 0.134. The van der Waals surface area contributed by atoms with Crippen molar-refractivity contribution < 1.29 is 29.0 Å². The number of rotatable bonds is 4. The molecule has 29 heavy (non-hydrogen) atoms. The van der Waals surface area contributed by atoms with Crippen LogP contribution < -0.4 is 14.9 Å². The van der Waals surface area contributed by atoms with E-state index in [2.05, 4.69) is 56.9 Å². The molecule has 1 amide bonds. The van der Waals surface area contributed by atoms with Gasteiger partial charge in [-0.15, -0.1) is 0 Å². The van der Waals surface area contributed by atoms with Gasteiger partial charge < -0.3 is 20.2 Å². The number of carbonyl (C=O) groups is 2. The summed E-state index contributed by atoms with van der Waals surface area (Å²) in [5.74, 6) is -0.518. The molecule has 0 fully saturated rings. The van der Waals surface area contributed by atoms with Crippen LogP contribution >= 0.6 is 31.9 Å². The number of anilines is 1. The first-order valence-corrected chi connectivity index (χ1v) is 9.60. The van der Waals surface area contributed by atoms with Crippen LogP contribution in [0.15, 0.2) is 33.5 Å². The Morgan fingerprint density at radius 3 is 2.55 bits per heavy atom. The largest absolute Gasteiger partial charge is 0.477 e. The van der Waals surface area contributed by atoms with Crippen LogP contribution in [0.3, 0.4) is 0 Å². The number of amides is 1. The van der Waals surface area contributed by atoms with Crippen molar-refractivity contribution in [2.45, 2.75) is 26.4 Å². The molecule has 3 heterocycles. The molecular weight excluding hydrogens is 520 g/mol. The smallest absolute Gasteiger partial charge is 0.412 e. The Kier molecular flexibility index (Phi) is 7.84. The van der Waals surface area contributed by atoms with Gasteiger partial charge >= 0.3 is 11.8 Å². The summed E-state index contributed by atoms with van der Waals surface area (Å²) >= 11 is 6.19. The van der Waals surface area contributed by atoms with Gasteiger partial charge in [0.1, 0.15) is 4.60 Å². The van der Waals surface area contributed by atoms with E-state index < -0.39 is 22.8 Å². The molecule has 2 aromatic rings. The maximum Gasteiger partial charge on any atom is 0.412 e. The maximum atomic E-state index is 11.4. The second-order valence-electron chi connectivity index (χ2n) is 5.36. The summed E-state index contributed by atoms with van der Waals surface area (Å²) < 4.78 is 6.41. The Bertz CT molecular complexity index is 941. The first kappa shape index (κ1) is 22.5. The molecule has 13 heteroatoms. The molecule has 1 aliphatic rings. The Labute approximate surface area is 181 Å². The summed E-state index contributed by atoms with van der Waals surface area (Å²) in [6.07, 6.45) is 0.256. The van der Waals surface area contributed by atoms with Gasteiger partial charge in [-0.2, -0.15) is 0 Å². The molecule has 0 bridgehead atoms. The molecule has 11 nitrogen and oxygen atoms in total. The number of nitrogens with zero attached hydrogens (tertiary/aromatic N) is 3. The second-order valence-corrected chi connectivity index (χ2v) is 6.98. The third-order valence-electron chi connectivity index (χ3n) is 3.23. The Morgan fingerprint density at radius 2 is 1.93 bits per heavy atom. The number of hydrogen-bond acceptors (Lipinski definition) is 9. The van der Waals surface area contributed by atoms with E-state index in [1.165, 1.54) is 12.1 Å². The van der Waals surface area contributed by atoms with E-state index in [-0.39, 0.29) is 16.3 Å². The van der Waals surface area contributed by atoms with Crippen molar-refractivity contribution in [1.82, 2.24) is 9.97 Å². The highest BCUT2D eigenvalue weighted by atomic mass is 79.9. The number of ether oxygens (including phenoxy) is 1. The van der Waals surface area contributed by atoms with E-state index >= 15 is 0 Å². The summed E-state index contributed by atoms with van der Waals surface area (Å²) in [6, 6.07) is 6.25. The van der Waals surface area contributed by atoms with Gasteiger partial charge in [0.15, 0.2) is 17.7 Å². The quantitative estimate of drug-likeness (QED) is 0.270. The average molecular weight is 534 g/mol. The van der Waals surface area contributed by atoms with Gasteiger partial charge in [-0.1, -0.05) is 6.92 Å². The minimum atomic E-state index is -0.746. The van der Waals surface area contributed by atoms with Crippen LogP contribution in [0.25, 0.3) is 0 Å². The van der Waals surface area contributed by atoms with Crippen LogP contribution in [0.5, 0.6) is 11.5 Å². The zero-order valence-electron chi connectivity index (χ0n) is 15.0. The van der Waals surface area contributed by atoms with E-state index in [1.54, 1.807) is 12.1 Å². The molecule has 1 aliphatic heterocycles. The van der Waals surface area contributed by atoms with E-state index in [0.717, 1.165) is 6.92 Å². The van der Waals surface area contributed by atoms with Gasteiger partial charge in [0, 0.05) is 28.9 Å². The zero-order valence-corrected chi connectivity index (χ0v) is 18.2. The number of hydrogen-bond donors (Lipinski definition) is 1. The summed E-state index contributed by atoms with van der Waals surface area (Å²) in [6.45, 7) is 3.01. The second kappa shape index (κ2) is 10.1. The van der Waals surface area contributed by atoms with Crippen LogP contribution in [0, 0.1) is 10.1 Å². The lowest BCUT2D eigenvalue weighted by Gasteiger charge is -2.23. The van der Waals surface area contributed by atoms with Crippen LogP contribution in [-0.2, 0) is 14.5 Å². The first-order chi connectivity index (χ1) is 13.7. The first-order valence-electron chi connectivity index (χ1n) is 8.01. The molecule has 154 valence electrons. The van der Waals surface area contributed by atoms with Crippen molar-refractivity contribution in [1.29, 1.82) is 0 Å². The highest BCUT2D eigenvalue weighted by Crippen LogP contribution is 2.29. The summed E-state index contributed by atoms with van der Waals surface area (Å²) in [7, 11) is 0. The number of nitrogens with one attached hydrogen (secondary N) is 1. The summed E-state index contributed by atoms with van der Waals surface area (Å²) in [5.41, 5.74) is 0. The lowest BCUT2D eigenvalue weighted by Crippen LogP contribution is -2.36. The molecule has 1 unspecified atom stereocenters. The lowest BCUT2D eigenvalue weighted by atomic mass is 10.2. The molecule has 1 atom stereocenters. The fourth-order valence-electron chi connectivity index (χ4n) is 1.99. The van der Waals surface area contributed by atoms with E-state index in [1.807, 2.05) is 6.92 Å². The SMILES string of the molecule is CC(=O)OOc1ccc(Br)nc1[N+](=O)[O-].CCC1Oc2ccc(Br)nc2NC1=O. The zero-order chi connectivity index (χ0) is 21.6. The topological polar surface area (TPSA) is 143 Å². The van der Waals surface area contributed by atoms with Crippen molar-refractivity contribution in [2.24, 2.45) is 0 Å². The van der Waals surface area contributed by atoms with Crippen molar-refractivity contribution in [2.75, 3.05) is 5.32 Å². The van der Waals surface area contributed by atoms with Crippen molar-refractivity contribution in [3.63, 3.8) is 0 Å². The normalized spacial score (nSPS) is 14.3. The van der Waals surface area contributed by atoms with Crippen LogP contribution in [0.1, 0.15) is 20.3 Å². The highest BCUT2D eigenvalue weighted by molar-refractivity contribution is 9.10. The fourth-order valence-corrected chi connectivity index (χ4v) is 2.60. The average Bonchev–Trinajstić information content (AvgIpc) is 2.66. The molecule has 0 radical (unpaired) electrons. The number of nitro groups is 1. The fraction of sp³-hybridized carbons (Fsp3) is 0.250. The molecule has 0 aromatic carbocycles. The third kappa shape index (κ3) is 6.35. The predicted molar refractivity (Wildman–Crippen MR) is 106 cm³/mol. The molecule has 1 N–H and O–H groups in total. The van der Waals surface area contributed by atoms with Gasteiger partial charge in [0.05, 0.1) is 0 Å². The van der Waals surface area contributed by atoms with Crippen molar-refractivity contribution >= 4 is 55.4 Å². The number of carbonyl (C=O) groups excluding carboxylic acids is 2. The molecule has 0 aliphatic carbocycles. The Morgan fingerprint density at radius 1 is 1.28 bits per heavy atom. The van der Waals surface area contributed by atoms with Gasteiger partial charge in [-0.05, 0) is 50.5 Å². The molecular formula is C16H14Br2N4O7. The molecule has 0 saturated heterocycles. The van der Waals surface area contributed by atoms with Gasteiger partial charge in [0.25, 0.3) is 11.7 Å². The number of pyridine rings is 2. The number of fused-ring (bicyclic) bond motifs is 1. The van der Waals surface area contributed by atoms with Gasteiger partial charge in [-0.25, -0.2) is 9.78 Å². The molecule has 0 saturated carbocycles. The number of aromatic nitrogens is 2. The van der Waals surface area contributed by atoms with Gasteiger partial charge in [-0.3, -0.25) is 14.6 Å². The Balaban J connectivity index is 0.000000207. The van der Waals surface area contributed by atoms with Crippen molar-refractivity contribution in [3.8, 4) is 11.5 Å². The standard InChI is InChI=1S/C9H9BrN2O2.C7H5BrN2O5/c1-2-5-9(13)12-8-6(14-5)3-4-7(10)11-8;1-4(11)14-15-5-2-3-6(8)9-7(5)10(12)13/h3-5H,2H2,1H3,(H,11,12,13);2-3H,1H3. The minimum Gasteiger partial charge on any atom is -0.477 e. The molecule has 0 spiro atoms. The molecule has 3 rings (SSSR count). The van der Waals surface area contributed by atoms with E-state index in [0.29, 0.717) is 22.6 Å². The number of halogens is 2. The van der Waals surface area contributed by atoms with Gasteiger partial charge in [0.2, 0.25) is 4.60 Å². The Hall–Kier alpha value is -2.80. The summed E-state index contributed by atoms with van der Waals surface area (Å²) in [4.78, 5) is 47.8. The summed E-state index contributed by atoms with van der Waals surface area (Å²) in [5, 5.41) is 13.2. The lowest BCUT2D eigenvalue weighted by molar-refractivity contribution is -0.392. The van der Waals surface area contributed by atoms with E-state index in [9.17, 15) is 19.7 Å².